The molecular formula is C28H46O3. The van der Waals surface area contributed by atoms with Crippen molar-refractivity contribution in [2.45, 2.75) is 117 Å². The lowest BCUT2D eigenvalue weighted by Gasteiger charge is -2.69. The number of hydrogen-bond acceptors (Lipinski definition) is 3. The van der Waals surface area contributed by atoms with Gasteiger partial charge in [0.2, 0.25) is 0 Å². The smallest absolute Gasteiger partial charge is 0.130 e. The Morgan fingerprint density at radius 2 is 1.68 bits per heavy atom. The molecule has 6 aliphatic rings. The zero-order chi connectivity index (χ0) is 22.2. The van der Waals surface area contributed by atoms with Gasteiger partial charge in [-0.1, -0.05) is 60.5 Å². The van der Waals surface area contributed by atoms with Gasteiger partial charge in [0.1, 0.15) is 11.2 Å². The van der Waals surface area contributed by atoms with Gasteiger partial charge in [0.15, 0.2) is 0 Å². The molecule has 1 N–H and O–H groups in total. The number of hydrogen-bond donors (Lipinski definition) is 1. The van der Waals surface area contributed by atoms with Crippen molar-refractivity contribution < 1.29 is 14.9 Å². The van der Waals surface area contributed by atoms with Gasteiger partial charge in [-0.25, -0.2) is 9.78 Å². The first-order valence-electron chi connectivity index (χ1n) is 13.3. The Morgan fingerprint density at radius 1 is 0.903 bits per heavy atom. The summed E-state index contributed by atoms with van der Waals surface area (Å²) in [5.74, 6) is 4.22. The molecule has 3 heteroatoms. The molecule has 3 saturated carbocycles. The summed E-state index contributed by atoms with van der Waals surface area (Å²) in [5.41, 5.74) is -0.266. The van der Waals surface area contributed by atoms with E-state index in [1.165, 1.54) is 38.5 Å². The molecule has 2 heterocycles. The summed E-state index contributed by atoms with van der Waals surface area (Å²) < 4.78 is 0. The van der Waals surface area contributed by atoms with E-state index in [9.17, 15) is 5.11 Å². The molecule has 31 heavy (non-hydrogen) atoms. The number of fused-ring (bicyclic) bond motifs is 2. The van der Waals surface area contributed by atoms with Gasteiger partial charge in [0, 0.05) is 23.7 Å². The normalized spacial score (nSPS) is 52.5. The van der Waals surface area contributed by atoms with Gasteiger partial charge in [-0.2, -0.15) is 0 Å². The molecule has 0 amide bonds. The maximum Gasteiger partial charge on any atom is 0.130 e. The topological polar surface area (TPSA) is 38.7 Å². The van der Waals surface area contributed by atoms with Crippen LogP contribution in [-0.4, -0.2) is 22.4 Å². The van der Waals surface area contributed by atoms with Crippen molar-refractivity contribution in [1.82, 2.24) is 0 Å². The van der Waals surface area contributed by atoms with Crippen LogP contribution in [0, 0.1) is 46.3 Å². The largest absolute Gasteiger partial charge is 0.393 e. The molecule has 3 nitrogen and oxygen atoms in total. The fourth-order valence-electron chi connectivity index (χ4n) is 9.14. The third kappa shape index (κ3) is 2.94. The van der Waals surface area contributed by atoms with E-state index in [1.807, 2.05) is 0 Å². The van der Waals surface area contributed by atoms with E-state index in [0.717, 1.165) is 36.5 Å². The van der Waals surface area contributed by atoms with E-state index < -0.39 is 5.60 Å². The highest BCUT2D eigenvalue weighted by atomic mass is 17.2. The first kappa shape index (κ1) is 22.4. The van der Waals surface area contributed by atoms with E-state index >= 15 is 0 Å². The van der Waals surface area contributed by atoms with Crippen molar-refractivity contribution in [3.8, 4) is 0 Å². The first-order chi connectivity index (χ1) is 14.6. The number of aliphatic hydroxyl groups is 1. The predicted octanol–water partition coefficient (Wildman–Crippen LogP) is 6.70. The highest BCUT2D eigenvalue weighted by Crippen LogP contribution is 2.72. The summed E-state index contributed by atoms with van der Waals surface area (Å²) in [5, 5.41) is 10.4. The summed E-state index contributed by atoms with van der Waals surface area (Å²) in [6.45, 7) is 14.7. The average Bonchev–Trinajstić information content (AvgIpc) is 3.09. The van der Waals surface area contributed by atoms with Gasteiger partial charge in [-0.05, 0) is 73.7 Å². The molecule has 0 aromatic rings. The quantitative estimate of drug-likeness (QED) is 0.390. The van der Waals surface area contributed by atoms with Crippen LogP contribution in [0.25, 0.3) is 0 Å². The summed E-state index contributed by atoms with van der Waals surface area (Å²) >= 11 is 0. The molecule has 0 aromatic carbocycles. The third-order valence-corrected chi connectivity index (χ3v) is 11.6. The Morgan fingerprint density at radius 3 is 2.35 bits per heavy atom. The molecule has 1 saturated heterocycles. The van der Waals surface area contributed by atoms with Gasteiger partial charge in [0.05, 0.1) is 6.10 Å². The van der Waals surface area contributed by atoms with Crippen molar-refractivity contribution >= 4 is 0 Å². The van der Waals surface area contributed by atoms with Crippen molar-refractivity contribution in [2.24, 2.45) is 46.3 Å². The lowest BCUT2D eigenvalue weighted by Crippen LogP contribution is -2.73. The number of rotatable bonds is 5. The number of aliphatic hydroxyl groups excluding tert-OH is 1. The van der Waals surface area contributed by atoms with E-state index in [1.54, 1.807) is 0 Å². The Kier molecular flexibility index (Phi) is 5.28. The van der Waals surface area contributed by atoms with Crippen LogP contribution in [0.2, 0.25) is 0 Å². The molecule has 0 aromatic heterocycles. The Bertz CT molecular complexity index is 732. The van der Waals surface area contributed by atoms with E-state index in [4.69, 9.17) is 9.78 Å². The third-order valence-electron chi connectivity index (χ3n) is 11.6. The Labute approximate surface area is 190 Å². The van der Waals surface area contributed by atoms with Crippen LogP contribution in [0.5, 0.6) is 0 Å². The lowest BCUT2D eigenvalue weighted by molar-refractivity contribution is -0.497. The molecule has 4 fully saturated rings. The maximum atomic E-state index is 10.4. The van der Waals surface area contributed by atoms with Gasteiger partial charge in [0.25, 0.3) is 0 Å². The van der Waals surface area contributed by atoms with Crippen LogP contribution in [-0.2, 0) is 9.78 Å². The predicted molar refractivity (Wildman–Crippen MR) is 124 cm³/mol. The summed E-state index contributed by atoms with van der Waals surface area (Å²) in [7, 11) is 0. The molecule has 2 bridgehead atoms. The SMILES string of the molecule is CC(C)C(C)CC[C@@H](C)C1CCC2[C@]1(C)CCC1[C@]23C=C[C@]2(CC(O)CC[C@]12C)OO3. The molecule has 6 rings (SSSR count). The second kappa shape index (κ2) is 7.31. The van der Waals surface area contributed by atoms with Crippen LogP contribution in [0.1, 0.15) is 99.3 Å². The van der Waals surface area contributed by atoms with Gasteiger partial charge < -0.3 is 5.11 Å². The van der Waals surface area contributed by atoms with Gasteiger partial charge in [-0.15, -0.1) is 0 Å². The lowest BCUT2D eigenvalue weighted by atomic mass is 9.42. The Balaban J connectivity index is 1.41. The second-order valence-electron chi connectivity index (χ2n) is 13.2. The zero-order valence-electron chi connectivity index (χ0n) is 20.8. The first-order valence-corrected chi connectivity index (χ1v) is 13.3. The van der Waals surface area contributed by atoms with E-state index in [-0.39, 0.29) is 17.1 Å². The van der Waals surface area contributed by atoms with Crippen molar-refractivity contribution in [3.63, 3.8) is 0 Å². The second-order valence-corrected chi connectivity index (χ2v) is 13.2. The molecular weight excluding hydrogens is 384 g/mol. The van der Waals surface area contributed by atoms with Crippen LogP contribution in [0.15, 0.2) is 12.2 Å². The van der Waals surface area contributed by atoms with Crippen LogP contribution < -0.4 is 0 Å². The monoisotopic (exact) mass is 430 g/mol. The highest BCUT2D eigenvalue weighted by Gasteiger charge is 2.74. The molecule has 2 aliphatic heterocycles. The molecule has 4 aliphatic carbocycles. The summed E-state index contributed by atoms with van der Waals surface area (Å²) in [6, 6.07) is 0. The van der Waals surface area contributed by atoms with Gasteiger partial charge in [-0.3, -0.25) is 0 Å². The summed E-state index contributed by atoms with van der Waals surface area (Å²) in [6.07, 6.45) is 15.0. The zero-order valence-corrected chi connectivity index (χ0v) is 20.8. The van der Waals surface area contributed by atoms with E-state index in [2.05, 4.69) is 53.7 Å². The van der Waals surface area contributed by atoms with Crippen molar-refractivity contribution in [1.29, 1.82) is 0 Å². The minimum Gasteiger partial charge on any atom is -0.393 e. The van der Waals surface area contributed by atoms with Crippen molar-refractivity contribution in [2.75, 3.05) is 0 Å². The fraction of sp³-hybridized carbons (Fsp3) is 0.929. The van der Waals surface area contributed by atoms with E-state index in [0.29, 0.717) is 23.7 Å². The molecule has 2 spiro atoms. The highest BCUT2D eigenvalue weighted by molar-refractivity contribution is 5.33. The average molecular weight is 431 g/mol. The standard InChI is InChI=1S/C28H46O3/c1-18(2)19(3)7-8-20(4)22-9-10-23-25(22,5)13-12-24-26(6)14-11-21(29)17-27(26)15-16-28(23,24)31-30-27/h15-16,18-24,29H,7-14,17H2,1-6H3/t19?,20-,21?,22?,23?,24?,25-,26-,27-,28+/m1/s1. The van der Waals surface area contributed by atoms with Crippen LogP contribution in [0.4, 0.5) is 0 Å². The van der Waals surface area contributed by atoms with Crippen LogP contribution in [0.3, 0.4) is 0 Å². The maximum absolute atomic E-state index is 10.4. The fourth-order valence-corrected chi connectivity index (χ4v) is 9.14. The molecule has 0 radical (unpaired) electrons. The molecule has 10 atom stereocenters. The minimum atomic E-state index is -0.427. The van der Waals surface area contributed by atoms with Crippen LogP contribution >= 0.6 is 0 Å². The minimum absolute atomic E-state index is 0.0803. The van der Waals surface area contributed by atoms with Gasteiger partial charge >= 0.3 is 0 Å². The molecule has 176 valence electrons. The molecule has 5 unspecified atom stereocenters. The van der Waals surface area contributed by atoms with Crippen molar-refractivity contribution in [3.05, 3.63) is 12.2 Å². The summed E-state index contributed by atoms with van der Waals surface area (Å²) in [4.78, 5) is 12.8. The Hall–Kier alpha value is -0.380.